The van der Waals surface area contributed by atoms with Crippen molar-refractivity contribution in [3.8, 4) is 11.3 Å². The van der Waals surface area contributed by atoms with Crippen molar-refractivity contribution in [3.63, 3.8) is 0 Å². The van der Waals surface area contributed by atoms with Gasteiger partial charge in [0.2, 0.25) is 10.0 Å². The van der Waals surface area contributed by atoms with Crippen LogP contribution in [0.5, 0.6) is 0 Å². The molecule has 142 valence electrons. The molecular weight excluding hydrogens is 415 g/mol. The maximum atomic E-state index is 12.6. The number of para-hydroxylation sites is 1. The van der Waals surface area contributed by atoms with Gasteiger partial charge in [-0.05, 0) is 42.0 Å². The molecule has 4 aromatic rings. The van der Waals surface area contributed by atoms with Crippen LogP contribution in [-0.2, 0) is 15.8 Å². The minimum absolute atomic E-state index is 0.194. The molecule has 0 unspecified atom stereocenters. The Balaban J connectivity index is 1.63. The monoisotopic (exact) mass is 430 g/mol. The molecule has 0 fully saturated rings. The Hall–Kier alpha value is -2.47. The molecule has 4 nitrogen and oxygen atoms in total. The molecule has 0 amide bonds. The van der Waals surface area contributed by atoms with Crippen molar-refractivity contribution in [2.75, 3.05) is 4.72 Å². The molecule has 28 heavy (non-hydrogen) atoms. The van der Waals surface area contributed by atoms with Gasteiger partial charge in [0.25, 0.3) is 0 Å². The molecule has 3 aromatic carbocycles. The van der Waals surface area contributed by atoms with Gasteiger partial charge in [-0.1, -0.05) is 59.6 Å². The number of fused-ring (bicyclic) bond motifs is 1. The number of halogens is 2. The van der Waals surface area contributed by atoms with E-state index in [4.69, 9.17) is 23.2 Å². The van der Waals surface area contributed by atoms with E-state index in [1.807, 2.05) is 36.4 Å². The predicted octanol–water partition coefficient (Wildman–Crippen LogP) is 6.08. The molecule has 0 radical (unpaired) electrons. The molecule has 0 aliphatic rings. The largest absolute Gasteiger partial charge is 0.355 e. The maximum absolute atomic E-state index is 12.6. The van der Waals surface area contributed by atoms with Crippen LogP contribution < -0.4 is 4.72 Å². The van der Waals surface area contributed by atoms with E-state index >= 15 is 0 Å². The number of hydrogen-bond donors (Lipinski definition) is 2. The molecule has 1 heterocycles. The van der Waals surface area contributed by atoms with Crippen LogP contribution in [-0.4, -0.2) is 13.4 Å². The van der Waals surface area contributed by atoms with Gasteiger partial charge in [-0.3, -0.25) is 4.72 Å². The molecule has 0 saturated carbocycles. The summed E-state index contributed by atoms with van der Waals surface area (Å²) in [6, 6.07) is 22.0. The second-order valence-corrected chi connectivity index (χ2v) is 9.02. The second kappa shape index (κ2) is 7.51. The first-order valence-electron chi connectivity index (χ1n) is 8.52. The summed E-state index contributed by atoms with van der Waals surface area (Å²) in [7, 11) is -3.65. The average Bonchev–Trinajstić information content (AvgIpc) is 3.07. The number of aromatic nitrogens is 1. The van der Waals surface area contributed by atoms with Gasteiger partial charge in [0.1, 0.15) is 0 Å². The Bertz CT molecular complexity index is 1230. The van der Waals surface area contributed by atoms with E-state index in [-0.39, 0.29) is 5.75 Å². The van der Waals surface area contributed by atoms with Crippen LogP contribution in [0.3, 0.4) is 0 Å². The topological polar surface area (TPSA) is 62.0 Å². The fourth-order valence-electron chi connectivity index (χ4n) is 3.05. The summed E-state index contributed by atoms with van der Waals surface area (Å²) in [4.78, 5) is 3.33. The Morgan fingerprint density at radius 3 is 2.50 bits per heavy atom. The third-order valence-corrected chi connectivity index (χ3v) is 6.13. The summed E-state index contributed by atoms with van der Waals surface area (Å²) in [5.41, 5.74) is 3.66. The van der Waals surface area contributed by atoms with Gasteiger partial charge in [0.05, 0.1) is 16.5 Å². The minimum atomic E-state index is -3.65. The van der Waals surface area contributed by atoms with Crippen molar-refractivity contribution in [1.82, 2.24) is 4.98 Å². The van der Waals surface area contributed by atoms with Crippen LogP contribution in [0.15, 0.2) is 72.8 Å². The second-order valence-electron chi connectivity index (χ2n) is 6.46. The van der Waals surface area contributed by atoms with E-state index < -0.39 is 10.0 Å². The van der Waals surface area contributed by atoms with E-state index in [1.165, 1.54) is 0 Å². The number of rotatable bonds is 5. The fourth-order valence-corrected chi connectivity index (χ4v) is 4.68. The summed E-state index contributed by atoms with van der Waals surface area (Å²) in [6.07, 6.45) is 0. The van der Waals surface area contributed by atoms with Crippen LogP contribution >= 0.6 is 23.2 Å². The highest BCUT2D eigenvalue weighted by atomic mass is 35.5. The smallest absolute Gasteiger partial charge is 0.236 e. The number of benzene rings is 3. The van der Waals surface area contributed by atoms with Gasteiger partial charge in [-0.25, -0.2) is 8.42 Å². The van der Waals surface area contributed by atoms with Gasteiger partial charge in [-0.2, -0.15) is 0 Å². The maximum Gasteiger partial charge on any atom is 0.236 e. The first-order valence-corrected chi connectivity index (χ1v) is 10.9. The summed E-state index contributed by atoms with van der Waals surface area (Å²) in [6.45, 7) is 0. The van der Waals surface area contributed by atoms with Gasteiger partial charge in [0, 0.05) is 27.2 Å². The molecule has 0 aliphatic carbocycles. The van der Waals surface area contributed by atoms with Crippen LogP contribution in [0.1, 0.15) is 5.56 Å². The highest BCUT2D eigenvalue weighted by molar-refractivity contribution is 7.91. The van der Waals surface area contributed by atoms with Crippen molar-refractivity contribution >= 4 is 49.8 Å². The quantitative estimate of drug-likeness (QED) is 0.402. The van der Waals surface area contributed by atoms with Gasteiger partial charge < -0.3 is 4.98 Å². The molecule has 0 aliphatic heterocycles. The number of anilines is 1. The van der Waals surface area contributed by atoms with Crippen LogP contribution in [0.2, 0.25) is 10.0 Å². The lowest BCUT2D eigenvalue weighted by Crippen LogP contribution is -2.15. The average molecular weight is 431 g/mol. The molecule has 0 spiro atoms. The first-order chi connectivity index (χ1) is 13.4. The number of hydrogen-bond acceptors (Lipinski definition) is 2. The highest BCUT2D eigenvalue weighted by Gasteiger charge is 2.15. The summed E-state index contributed by atoms with van der Waals surface area (Å²) >= 11 is 12.2. The van der Waals surface area contributed by atoms with Crippen LogP contribution in [0.25, 0.3) is 22.2 Å². The van der Waals surface area contributed by atoms with Gasteiger partial charge in [0.15, 0.2) is 0 Å². The van der Waals surface area contributed by atoms with E-state index in [0.717, 1.165) is 22.2 Å². The van der Waals surface area contributed by atoms with E-state index in [1.54, 1.807) is 36.4 Å². The Morgan fingerprint density at radius 1 is 0.893 bits per heavy atom. The molecule has 0 atom stereocenters. The van der Waals surface area contributed by atoms with Crippen LogP contribution in [0.4, 0.5) is 5.69 Å². The minimum Gasteiger partial charge on any atom is -0.355 e. The van der Waals surface area contributed by atoms with E-state index in [2.05, 4.69) is 9.71 Å². The third kappa shape index (κ3) is 4.17. The van der Waals surface area contributed by atoms with Gasteiger partial charge >= 0.3 is 0 Å². The predicted molar refractivity (Wildman–Crippen MR) is 116 cm³/mol. The fraction of sp³-hybridized carbons (Fsp3) is 0.0476. The van der Waals surface area contributed by atoms with Crippen molar-refractivity contribution in [1.29, 1.82) is 0 Å². The Labute approximate surface area is 173 Å². The standard InChI is InChI=1S/C21H16Cl2N2O2S/c22-17-6-3-4-14(10-17)13-28(26,27)25-21-12-16(8-9-18(21)23)20-11-15-5-1-2-7-19(15)24-20/h1-12,24-25H,13H2. The number of H-pyrrole nitrogens is 1. The first kappa shape index (κ1) is 18.9. The Kier molecular flexibility index (Phi) is 5.06. The third-order valence-electron chi connectivity index (χ3n) is 4.32. The SMILES string of the molecule is O=S(=O)(Cc1cccc(Cl)c1)Nc1cc(-c2cc3ccccc3[nH]2)ccc1Cl. The lowest BCUT2D eigenvalue weighted by molar-refractivity contribution is 0.600. The number of nitrogens with one attached hydrogen (secondary N) is 2. The molecule has 0 saturated heterocycles. The lowest BCUT2D eigenvalue weighted by atomic mass is 10.1. The Morgan fingerprint density at radius 2 is 1.71 bits per heavy atom. The van der Waals surface area contributed by atoms with Crippen molar-refractivity contribution in [2.24, 2.45) is 0 Å². The highest BCUT2D eigenvalue weighted by Crippen LogP contribution is 2.31. The zero-order valence-corrected chi connectivity index (χ0v) is 16.9. The summed E-state index contributed by atoms with van der Waals surface area (Å²) in [5, 5.41) is 1.90. The normalized spacial score (nSPS) is 11.6. The molecule has 4 rings (SSSR count). The molecule has 7 heteroatoms. The zero-order valence-electron chi connectivity index (χ0n) is 14.6. The summed E-state index contributed by atoms with van der Waals surface area (Å²) < 4.78 is 27.8. The molecule has 2 N–H and O–H groups in total. The van der Waals surface area contributed by atoms with E-state index in [0.29, 0.717) is 21.3 Å². The van der Waals surface area contributed by atoms with Crippen molar-refractivity contribution in [2.45, 2.75) is 5.75 Å². The molecule has 0 bridgehead atoms. The number of aromatic amines is 1. The van der Waals surface area contributed by atoms with E-state index in [9.17, 15) is 8.42 Å². The number of sulfonamides is 1. The van der Waals surface area contributed by atoms with Crippen LogP contribution in [0, 0.1) is 0 Å². The summed E-state index contributed by atoms with van der Waals surface area (Å²) in [5.74, 6) is -0.194. The molecule has 1 aromatic heterocycles. The zero-order chi connectivity index (χ0) is 19.7. The molecular formula is C21H16Cl2N2O2S. The van der Waals surface area contributed by atoms with Gasteiger partial charge in [-0.15, -0.1) is 0 Å². The lowest BCUT2D eigenvalue weighted by Gasteiger charge is -2.11. The van der Waals surface area contributed by atoms with Crippen molar-refractivity contribution < 1.29 is 8.42 Å². The van der Waals surface area contributed by atoms with Crippen molar-refractivity contribution in [3.05, 3.63) is 88.4 Å².